The van der Waals surface area contributed by atoms with Gasteiger partial charge in [-0.05, 0) is 99.2 Å². The lowest BCUT2D eigenvalue weighted by Gasteiger charge is -2.39. The van der Waals surface area contributed by atoms with Crippen molar-refractivity contribution in [2.24, 2.45) is 17.8 Å². The van der Waals surface area contributed by atoms with E-state index in [2.05, 4.69) is 16.7 Å². The maximum absolute atomic E-state index is 13.0. The standard InChI is InChI=1S/C32H47N3O3S/c36-30-14-13-28(31(37)34-30)35-22-27-26(32(35)38)11-8-12-29(27)39-18-6-4-2-1-3-5-16-33-17-15-25-20-23-9-7-10-24(19-23)21-25/h8,11-12,23-25,28,33H,1-7,9-10,13-22H2,(H,34,36,37). The lowest BCUT2D eigenvalue weighted by molar-refractivity contribution is -0.136. The molecule has 214 valence electrons. The van der Waals surface area contributed by atoms with Crippen LogP contribution < -0.4 is 10.6 Å². The molecule has 3 amide bonds. The number of hydrogen-bond donors (Lipinski definition) is 2. The number of hydrogen-bond acceptors (Lipinski definition) is 5. The quantitative estimate of drug-likeness (QED) is 0.166. The van der Waals surface area contributed by atoms with Crippen LogP contribution in [0.2, 0.25) is 0 Å². The Labute approximate surface area is 238 Å². The minimum Gasteiger partial charge on any atom is -0.322 e. The first-order valence-corrected chi connectivity index (χ1v) is 16.7. The van der Waals surface area contributed by atoms with Gasteiger partial charge in [-0.15, -0.1) is 11.8 Å². The molecule has 3 fully saturated rings. The molecule has 39 heavy (non-hydrogen) atoms. The molecule has 4 aliphatic rings. The summed E-state index contributed by atoms with van der Waals surface area (Å²) >= 11 is 1.83. The number of unbranched alkanes of at least 4 members (excludes halogenated alkanes) is 5. The molecule has 2 aliphatic carbocycles. The number of piperidine rings is 1. The van der Waals surface area contributed by atoms with Gasteiger partial charge in [0.2, 0.25) is 11.8 Å². The van der Waals surface area contributed by atoms with Gasteiger partial charge in [0.05, 0.1) is 0 Å². The number of imide groups is 1. The van der Waals surface area contributed by atoms with Gasteiger partial charge in [-0.1, -0.05) is 51.0 Å². The molecule has 1 saturated heterocycles. The van der Waals surface area contributed by atoms with E-state index in [0.717, 1.165) is 34.0 Å². The summed E-state index contributed by atoms with van der Waals surface area (Å²) in [4.78, 5) is 39.6. The molecule has 2 N–H and O–H groups in total. The molecule has 0 spiro atoms. The summed E-state index contributed by atoms with van der Waals surface area (Å²) in [5.41, 5.74) is 1.75. The molecule has 6 nitrogen and oxygen atoms in total. The lowest BCUT2D eigenvalue weighted by atomic mass is 9.67. The van der Waals surface area contributed by atoms with Crippen LogP contribution in [0.4, 0.5) is 0 Å². The molecule has 2 aliphatic heterocycles. The maximum atomic E-state index is 13.0. The van der Waals surface area contributed by atoms with E-state index in [-0.39, 0.29) is 24.1 Å². The van der Waals surface area contributed by atoms with Crippen LogP contribution in [-0.2, 0) is 16.1 Å². The van der Waals surface area contributed by atoms with Crippen molar-refractivity contribution in [3.05, 3.63) is 29.3 Å². The molecule has 0 aromatic heterocycles. The minimum absolute atomic E-state index is 0.0901. The summed E-state index contributed by atoms with van der Waals surface area (Å²) in [6.45, 7) is 2.84. The zero-order chi connectivity index (χ0) is 27.0. The van der Waals surface area contributed by atoms with Crippen molar-refractivity contribution in [1.29, 1.82) is 0 Å². The highest BCUT2D eigenvalue weighted by Gasteiger charge is 2.39. The topological polar surface area (TPSA) is 78.5 Å². The van der Waals surface area contributed by atoms with E-state index >= 15 is 0 Å². The van der Waals surface area contributed by atoms with E-state index in [0.29, 0.717) is 18.5 Å². The predicted molar refractivity (Wildman–Crippen MR) is 157 cm³/mol. The number of rotatable bonds is 14. The predicted octanol–water partition coefficient (Wildman–Crippen LogP) is 6.08. The second kappa shape index (κ2) is 14.2. The van der Waals surface area contributed by atoms with Crippen LogP contribution in [0.3, 0.4) is 0 Å². The molecule has 3 unspecified atom stereocenters. The van der Waals surface area contributed by atoms with Crippen LogP contribution in [0.15, 0.2) is 23.1 Å². The van der Waals surface area contributed by atoms with E-state index in [1.807, 2.05) is 23.9 Å². The number of thioether (sulfide) groups is 1. The Morgan fingerprint density at radius 2 is 1.67 bits per heavy atom. The number of benzene rings is 1. The maximum Gasteiger partial charge on any atom is 0.255 e. The molecule has 3 atom stereocenters. The third-order valence-corrected chi connectivity index (χ3v) is 10.7. The van der Waals surface area contributed by atoms with Crippen molar-refractivity contribution in [3.63, 3.8) is 0 Å². The third kappa shape index (κ3) is 7.66. The highest BCUT2D eigenvalue weighted by atomic mass is 32.2. The van der Waals surface area contributed by atoms with Crippen LogP contribution in [0, 0.1) is 17.8 Å². The molecular formula is C32H47N3O3S. The van der Waals surface area contributed by atoms with Gasteiger partial charge in [-0.3, -0.25) is 19.7 Å². The Hall–Kier alpha value is -1.86. The SMILES string of the molecule is O=C1CCC(N2Cc3c(SCCCCCCCCNCCC4CC5CCCC(C5)C4)cccc3C2=O)C(=O)N1. The van der Waals surface area contributed by atoms with Gasteiger partial charge in [0.1, 0.15) is 6.04 Å². The Kier molecular flexibility index (Phi) is 10.4. The third-order valence-electron chi connectivity index (χ3n) is 9.50. The molecule has 2 saturated carbocycles. The first-order valence-electron chi connectivity index (χ1n) is 15.7. The number of nitrogens with zero attached hydrogens (tertiary/aromatic N) is 1. The van der Waals surface area contributed by atoms with Crippen LogP contribution >= 0.6 is 11.8 Å². The zero-order valence-electron chi connectivity index (χ0n) is 23.6. The highest BCUT2D eigenvalue weighted by Crippen LogP contribution is 2.43. The van der Waals surface area contributed by atoms with Crippen molar-refractivity contribution in [3.8, 4) is 0 Å². The Balaban J connectivity index is 0.907. The van der Waals surface area contributed by atoms with Gasteiger partial charge in [-0.25, -0.2) is 0 Å². The van der Waals surface area contributed by atoms with Gasteiger partial charge in [0, 0.05) is 23.4 Å². The van der Waals surface area contributed by atoms with E-state index in [9.17, 15) is 14.4 Å². The molecule has 0 radical (unpaired) electrons. The Morgan fingerprint density at radius 3 is 2.46 bits per heavy atom. The van der Waals surface area contributed by atoms with Crippen LogP contribution in [-0.4, -0.2) is 47.5 Å². The number of fused-ring (bicyclic) bond motifs is 3. The zero-order valence-corrected chi connectivity index (χ0v) is 24.4. The fourth-order valence-electron chi connectivity index (χ4n) is 7.47. The second-order valence-corrected chi connectivity index (χ2v) is 13.6. The van der Waals surface area contributed by atoms with E-state index < -0.39 is 6.04 Å². The Bertz CT molecular complexity index is 1000. The second-order valence-electron chi connectivity index (χ2n) is 12.4. The average molecular weight is 554 g/mol. The van der Waals surface area contributed by atoms with Gasteiger partial charge in [0.25, 0.3) is 5.91 Å². The first kappa shape index (κ1) is 28.7. The fraction of sp³-hybridized carbons (Fsp3) is 0.719. The lowest BCUT2D eigenvalue weighted by Crippen LogP contribution is -2.52. The summed E-state index contributed by atoms with van der Waals surface area (Å²) in [5.74, 6) is 3.45. The summed E-state index contributed by atoms with van der Waals surface area (Å²) in [6, 6.07) is 5.36. The normalized spacial score (nSPS) is 26.6. The fourth-order valence-corrected chi connectivity index (χ4v) is 8.56. The van der Waals surface area contributed by atoms with E-state index in [4.69, 9.17) is 0 Å². The highest BCUT2D eigenvalue weighted by molar-refractivity contribution is 7.99. The van der Waals surface area contributed by atoms with Crippen LogP contribution in [0.5, 0.6) is 0 Å². The minimum atomic E-state index is -0.549. The monoisotopic (exact) mass is 553 g/mol. The molecule has 1 aromatic rings. The van der Waals surface area contributed by atoms with Gasteiger partial charge < -0.3 is 10.2 Å². The van der Waals surface area contributed by atoms with Gasteiger partial charge >= 0.3 is 0 Å². The van der Waals surface area contributed by atoms with Gasteiger partial charge in [0.15, 0.2) is 0 Å². The number of carbonyl (C=O) groups is 3. The molecule has 2 bridgehead atoms. The van der Waals surface area contributed by atoms with E-state index in [1.54, 1.807) is 4.90 Å². The first-order chi connectivity index (χ1) is 19.1. The van der Waals surface area contributed by atoms with Crippen molar-refractivity contribution in [2.75, 3.05) is 18.8 Å². The van der Waals surface area contributed by atoms with Crippen LogP contribution in [0.25, 0.3) is 0 Å². The van der Waals surface area contributed by atoms with Crippen LogP contribution in [0.1, 0.15) is 112 Å². The smallest absolute Gasteiger partial charge is 0.255 e. The van der Waals surface area contributed by atoms with E-state index in [1.165, 1.54) is 96.6 Å². The van der Waals surface area contributed by atoms with Gasteiger partial charge in [-0.2, -0.15) is 0 Å². The number of amides is 3. The van der Waals surface area contributed by atoms with Crippen molar-refractivity contribution >= 4 is 29.5 Å². The summed E-state index contributed by atoms with van der Waals surface area (Å²) in [7, 11) is 0. The number of nitrogens with one attached hydrogen (secondary N) is 2. The van der Waals surface area contributed by atoms with Crippen molar-refractivity contribution < 1.29 is 14.4 Å². The van der Waals surface area contributed by atoms with Crippen molar-refractivity contribution in [2.45, 2.75) is 114 Å². The Morgan fingerprint density at radius 1 is 0.897 bits per heavy atom. The summed E-state index contributed by atoms with van der Waals surface area (Å²) in [6.07, 6.45) is 18.8. The summed E-state index contributed by atoms with van der Waals surface area (Å²) in [5, 5.41) is 6.09. The average Bonchev–Trinajstić information content (AvgIpc) is 3.26. The molecule has 2 heterocycles. The van der Waals surface area contributed by atoms with Crippen molar-refractivity contribution in [1.82, 2.24) is 15.5 Å². The molecule has 7 heteroatoms. The molecule has 1 aromatic carbocycles. The molecule has 5 rings (SSSR count). The largest absolute Gasteiger partial charge is 0.322 e. The molecular weight excluding hydrogens is 506 g/mol. The summed E-state index contributed by atoms with van der Waals surface area (Å²) < 4.78 is 0. The number of carbonyl (C=O) groups excluding carboxylic acids is 3.